The molecule has 0 aliphatic rings. The zero-order valence-electron chi connectivity index (χ0n) is 20.6. The van der Waals surface area contributed by atoms with E-state index in [0.717, 1.165) is 62.9 Å². The standard InChI is InChI=1S/C26H43NO6/c1-4-21(3)33-25(28)12-9-7-6-8-10-17-27-18-11-19-32-23-15-13-22(14-16-23)20-24(26(29)30)31-5-2/h13-16,21,24,27H,4-12,17-20H2,1-3H3,(H,29,30). The zero-order chi connectivity index (χ0) is 24.3. The number of benzene rings is 1. The number of aliphatic carboxylic acids is 1. The molecule has 0 saturated carbocycles. The molecule has 0 aliphatic carbocycles. The Morgan fingerprint density at radius 2 is 1.64 bits per heavy atom. The van der Waals surface area contributed by atoms with Gasteiger partial charge in [0, 0.05) is 19.4 Å². The first-order chi connectivity index (χ1) is 16.0. The molecule has 1 rings (SSSR count). The molecule has 0 aliphatic heterocycles. The van der Waals surface area contributed by atoms with Gasteiger partial charge in [-0.05, 0) is 70.3 Å². The fraction of sp³-hybridized carbons (Fsp3) is 0.692. The van der Waals surface area contributed by atoms with Crippen LogP contribution in [0.4, 0.5) is 0 Å². The minimum atomic E-state index is -0.941. The third kappa shape index (κ3) is 14.6. The summed E-state index contributed by atoms with van der Waals surface area (Å²) in [6.07, 6.45) is 7.31. The Balaban J connectivity index is 1.99. The van der Waals surface area contributed by atoms with Gasteiger partial charge in [0.2, 0.25) is 0 Å². The molecule has 1 aromatic carbocycles. The number of nitrogens with one attached hydrogen (secondary N) is 1. The van der Waals surface area contributed by atoms with Crippen LogP contribution in [0, 0.1) is 0 Å². The average molecular weight is 466 g/mol. The van der Waals surface area contributed by atoms with Gasteiger partial charge in [0.25, 0.3) is 0 Å². The molecule has 7 heteroatoms. The van der Waals surface area contributed by atoms with E-state index in [0.29, 0.717) is 26.1 Å². The van der Waals surface area contributed by atoms with E-state index < -0.39 is 12.1 Å². The van der Waals surface area contributed by atoms with Crippen molar-refractivity contribution >= 4 is 11.9 Å². The number of carboxylic acids is 1. The van der Waals surface area contributed by atoms with E-state index in [4.69, 9.17) is 19.3 Å². The maximum atomic E-state index is 11.6. The molecule has 0 fully saturated rings. The lowest BCUT2D eigenvalue weighted by atomic mass is 10.1. The first-order valence-electron chi connectivity index (χ1n) is 12.4. The summed E-state index contributed by atoms with van der Waals surface area (Å²) in [7, 11) is 0. The Kier molecular flexibility index (Phi) is 16.1. The van der Waals surface area contributed by atoms with Crippen molar-refractivity contribution in [3.05, 3.63) is 29.8 Å². The predicted molar refractivity (Wildman–Crippen MR) is 130 cm³/mol. The van der Waals surface area contributed by atoms with Crippen LogP contribution in [0.25, 0.3) is 0 Å². The molecule has 0 spiro atoms. The third-order valence-electron chi connectivity index (χ3n) is 5.40. The van der Waals surface area contributed by atoms with Crippen LogP contribution in [0.2, 0.25) is 0 Å². The van der Waals surface area contributed by atoms with E-state index in [1.807, 2.05) is 38.1 Å². The van der Waals surface area contributed by atoms with Crippen LogP contribution < -0.4 is 10.1 Å². The van der Waals surface area contributed by atoms with E-state index in [1.165, 1.54) is 6.42 Å². The molecule has 2 unspecified atom stereocenters. The highest BCUT2D eigenvalue weighted by Crippen LogP contribution is 2.15. The Bertz CT molecular complexity index is 649. The monoisotopic (exact) mass is 465 g/mol. The Hall–Kier alpha value is -2.12. The first kappa shape index (κ1) is 28.9. The number of carbonyl (C=O) groups excluding carboxylic acids is 1. The van der Waals surface area contributed by atoms with Crippen LogP contribution in [-0.4, -0.2) is 55.6 Å². The lowest BCUT2D eigenvalue weighted by molar-refractivity contribution is -0.150. The van der Waals surface area contributed by atoms with Crippen molar-refractivity contribution in [3.63, 3.8) is 0 Å². The maximum absolute atomic E-state index is 11.6. The molecule has 0 amide bonds. The molecular formula is C26H43NO6. The summed E-state index contributed by atoms with van der Waals surface area (Å²) in [6.45, 7) is 8.66. The van der Waals surface area contributed by atoms with Crippen LogP contribution in [-0.2, 0) is 25.5 Å². The normalized spacial score (nSPS) is 12.8. The molecule has 0 saturated heterocycles. The van der Waals surface area contributed by atoms with E-state index in [1.54, 1.807) is 6.92 Å². The van der Waals surface area contributed by atoms with Crippen molar-refractivity contribution in [1.82, 2.24) is 5.32 Å². The van der Waals surface area contributed by atoms with E-state index in [9.17, 15) is 9.59 Å². The summed E-state index contributed by atoms with van der Waals surface area (Å²) >= 11 is 0. The number of carboxylic acid groups (broad SMARTS) is 1. The summed E-state index contributed by atoms with van der Waals surface area (Å²) in [4.78, 5) is 22.8. The SMILES string of the molecule is CCOC(Cc1ccc(OCCCNCCCCCCCC(=O)OC(C)CC)cc1)C(=O)O. The van der Waals surface area contributed by atoms with Crippen molar-refractivity contribution in [2.75, 3.05) is 26.3 Å². The number of hydrogen-bond donors (Lipinski definition) is 2. The van der Waals surface area contributed by atoms with Gasteiger partial charge in [-0.2, -0.15) is 0 Å². The first-order valence-corrected chi connectivity index (χ1v) is 12.4. The molecule has 0 aromatic heterocycles. The number of rotatable bonds is 20. The number of unbranched alkanes of at least 4 members (excludes halogenated alkanes) is 4. The lowest BCUT2D eigenvalue weighted by Crippen LogP contribution is -2.26. The van der Waals surface area contributed by atoms with Crippen LogP contribution >= 0.6 is 0 Å². The highest BCUT2D eigenvalue weighted by Gasteiger charge is 2.17. The average Bonchev–Trinajstić information content (AvgIpc) is 2.80. The second-order valence-corrected chi connectivity index (χ2v) is 8.31. The molecule has 0 bridgehead atoms. The molecule has 2 atom stereocenters. The molecule has 1 aromatic rings. The molecule has 7 nitrogen and oxygen atoms in total. The van der Waals surface area contributed by atoms with Crippen LogP contribution in [0.1, 0.15) is 77.7 Å². The number of ether oxygens (including phenoxy) is 3. The lowest BCUT2D eigenvalue weighted by Gasteiger charge is -2.13. The molecule has 33 heavy (non-hydrogen) atoms. The van der Waals surface area contributed by atoms with Crippen LogP contribution in [0.15, 0.2) is 24.3 Å². The van der Waals surface area contributed by atoms with E-state index >= 15 is 0 Å². The van der Waals surface area contributed by atoms with Gasteiger partial charge in [0.15, 0.2) is 6.10 Å². The Labute approximate surface area is 199 Å². The van der Waals surface area contributed by atoms with Crippen LogP contribution in [0.3, 0.4) is 0 Å². The summed E-state index contributed by atoms with van der Waals surface area (Å²) in [5.74, 6) is -0.226. The minimum absolute atomic E-state index is 0.0268. The molecule has 2 N–H and O–H groups in total. The molecular weight excluding hydrogens is 422 g/mol. The molecule has 188 valence electrons. The quantitative estimate of drug-likeness (QED) is 0.212. The van der Waals surface area contributed by atoms with Crippen molar-refractivity contribution < 1.29 is 28.9 Å². The smallest absolute Gasteiger partial charge is 0.333 e. The van der Waals surface area contributed by atoms with Gasteiger partial charge in [-0.3, -0.25) is 4.79 Å². The minimum Gasteiger partial charge on any atom is -0.494 e. The van der Waals surface area contributed by atoms with Crippen molar-refractivity contribution in [2.24, 2.45) is 0 Å². The number of hydrogen-bond acceptors (Lipinski definition) is 6. The van der Waals surface area contributed by atoms with E-state index in [2.05, 4.69) is 5.32 Å². The van der Waals surface area contributed by atoms with Crippen molar-refractivity contribution in [2.45, 2.75) is 90.8 Å². The van der Waals surface area contributed by atoms with Gasteiger partial charge in [-0.15, -0.1) is 0 Å². The molecule has 0 heterocycles. The highest BCUT2D eigenvalue weighted by molar-refractivity contribution is 5.72. The highest BCUT2D eigenvalue weighted by atomic mass is 16.5. The maximum Gasteiger partial charge on any atom is 0.333 e. The van der Waals surface area contributed by atoms with Crippen molar-refractivity contribution in [1.29, 1.82) is 0 Å². The zero-order valence-corrected chi connectivity index (χ0v) is 20.6. The number of carbonyl (C=O) groups is 2. The summed E-state index contributed by atoms with van der Waals surface area (Å²) in [6, 6.07) is 7.52. The van der Waals surface area contributed by atoms with Crippen molar-refractivity contribution in [3.8, 4) is 5.75 Å². The third-order valence-corrected chi connectivity index (χ3v) is 5.40. The van der Waals surface area contributed by atoms with E-state index in [-0.39, 0.29) is 12.1 Å². The largest absolute Gasteiger partial charge is 0.494 e. The summed E-state index contributed by atoms with van der Waals surface area (Å²) in [5.41, 5.74) is 0.913. The second kappa shape index (κ2) is 18.3. The summed E-state index contributed by atoms with van der Waals surface area (Å²) < 4.78 is 16.3. The fourth-order valence-corrected chi connectivity index (χ4v) is 3.28. The summed E-state index contributed by atoms with van der Waals surface area (Å²) in [5, 5.41) is 12.6. The number of esters is 1. The topological polar surface area (TPSA) is 94.1 Å². The van der Waals surface area contributed by atoms with Crippen LogP contribution in [0.5, 0.6) is 5.75 Å². The second-order valence-electron chi connectivity index (χ2n) is 8.31. The van der Waals surface area contributed by atoms with Gasteiger partial charge in [-0.1, -0.05) is 38.3 Å². The fourth-order valence-electron chi connectivity index (χ4n) is 3.28. The van der Waals surface area contributed by atoms with Gasteiger partial charge in [-0.25, -0.2) is 4.79 Å². The Morgan fingerprint density at radius 1 is 0.970 bits per heavy atom. The molecule has 0 radical (unpaired) electrons. The van der Waals surface area contributed by atoms with Gasteiger partial charge in [0.05, 0.1) is 12.7 Å². The Morgan fingerprint density at radius 3 is 2.30 bits per heavy atom. The predicted octanol–water partition coefficient (Wildman–Crippen LogP) is 4.76. The van der Waals surface area contributed by atoms with Gasteiger partial charge in [0.1, 0.15) is 5.75 Å². The van der Waals surface area contributed by atoms with Gasteiger partial charge >= 0.3 is 11.9 Å². The van der Waals surface area contributed by atoms with Gasteiger partial charge < -0.3 is 24.6 Å².